The molecule has 0 radical (unpaired) electrons. The van der Waals surface area contributed by atoms with E-state index >= 15 is 0 Å². The normalized spacial score (nSPS) is 17.9. The number of rotatable bonds is 11. The Morgan fingerprint density at radius 2 is 0.552 bits per heavy atom. The van der Waals surface area contributed by atoms with Crippen LogP contribution in [0.4, 0.5) is 31.1 Å². The van der Waals surface area contributed by atoms with Crippen LogP contribution in [-0.2, 0) is 6.18 Å². The molecule has 0 bridgehead atoms. The first-order valence-corrected chi connectivity index (χ1v) is 43.7. The van der Waals surface area contributed by atoms with Crippen molar-refractivity contribution in [2.45, 2.75) is 151 Å². The third-order valence-electron chi connectivity index (χ3n) is 22.3. The van der Waals surface area contributed by atoms with E-state index in [0.717, 1.165) is 167 Å². The number of benzene rings is 5. The summed E-state index contributed by atoms with van der Waals surface area (Å²) in [4.78, 5) is 93.3. The molecule has 20 nitrogen and oxygen atoms in total. The molecule has 0 spiro atoms. The number of alkyl halides is 3. The van der Waals surface area contributed by atoms with E-state index < -0.39 is 35.4 Å². The second-order valence-electron chi connectivity index (χ2n) is 30.7. The van der Waals surface area contributed by atoms with Crippen LogP contribution in [0.5, 0.6) is 0 Å². The van der Waals surface area contributed by atoms with Gasteiger partial charge in [0, 0.05) is 123 Å². The van der Waals surface area contributed by atoms with E-state index in [0.29, 0.717) is 50.5 Å². The molecule has 10 heterocycles. The number of pyridine rings is 5. The van der Waals surface area contributed by atoms with Crippen LogP contribution >= 0.6 is 61.1 Å². The molecule has 6 fully saturated rings. The van der Waals surface area contributed by atoms with E-state index in [1.807, 2.05) is 89.1 Å². The molecule has 1 aliphatic carbocycles. The molecule has 5 saturated heterocycles. The molecular formula is C94H95F6N15O5S5. The Balaban J connectivity index is 0.000000142. The Kier molecular flexibility index (Phi) is 33.8. The first-order valence-electron chi connectivity index (χ1n) is 41.7. The van der Waals surface area contributed by atoms with Crippen LogP contribution in [0.2, 0.25) is 0 Å². The quantitative estimate of drug-likeness (QED) is 0.0599. The molecule has 5 aliphatic heterocycles. The summed E-state index contributed by atoms with van der Waals surface area (Å²) in [6.07, 6.45) is 31.3. The largest absolute Gasteiger partial charge is 0.416 e. The zero-order chi connectivity index (χ0) is 88.2. The lowest BCUT2D eigenvalue weighted by atomic mass is 9.97. The van der Waals surface area contributed by atoms with Crippen LogP contribution in [0.3, 0.4) is 0 Å². The van der Waals surface area contributed by atoms with Gasteiger partial charge in [0.2, 0.25) is 0 Å². The SMILES string of the molecule is Fc1ccc(C(=S)NC(=S)N2CCCCC2c2cccnc2)cc1.O=C(NC(=O)N1CCCCC1c1cccnc1)c1ccc(F)cc1.O=C(NC(=S)N1CCCCC1c1cccnc1)c1ccc(C(F)(F)F)cc1.O=C(NC(=S)N1CCCCC1c1cccnc1)c1ccc(C2CC2)cc1.O=C(NC(=S)N1CCCCC1c1cccnc1)c1ccc(F)cc1. The number of piperidine rings is 5. The molecule has 5 unspecified atom stereocenters. The van der Waals surface area contributed by atoms with E-state index in [4.69, 9.17) is 61.1 Å². The molecule has 648 valence electrons. The Hall–Kier alpha value is -11.8. The van der Waals surface area contributed by atoms with Gasteiger partial charge in [-0.05, 0) is 337 Å². The molecule has 6 aliphatic rings. The third-order valence-corrected chi connectivity index (χ3v) is 24.0. The fourth-order valence-electron chi connectivity index (χ4n) is 15.6. The molecule has 10 aromatic rings. The summed E-state index contributed by atoms with van der Waals surface area (Å²) in [5, 5.41) is 15.6. The number of hydrogen-bond acceptors (Lipinski definition) is 15. The van der Waals surface area contributed by atoms with Crippen LogP contribution in [-0.4, -0.2) is 137 Å². The Morgan fingerprint density at radius 1 is 0.296 bits per heavy atom. The number of thiocarbonyl (C=S) groups is 5. The van der Waals surface area contributed by atoms with Crippen LogP contribution in [0, 0.1) is 17.5 Å². The molecule has 6 amide bonds. The molecule has 16 rings (SSSR count). The average Bonchev–Trinajstić information content (AvgIpc) is 0.902. The second-order valence-corrected chi connectivity index (χ2v) is 32.7. The molecule has 1 saturated carbocycles. The van der Waals surface area contributed by atoms with Crippen molar-refractivity contribution in [3.63, 3.8) is 0 Å². The Morgan fingerprint density at radius 3 is 0.832 bits per heavy atom. The van der Waals surface area contributed by atoms with Crippen molar-refractivity contribution in [2.24, 2.45) is 0 Å². The standard InChI is InChI=1S/C21H23N3OS.C19H18F3N3OS.C18H18FN3O2.C18H18FN3OS.C18H18FN3S2/c25-20(17-10-8-16(9-11-17)15-6-7-15)23-21(26)24-13-2-1-5-19(24)18-4-3-12-22-14-18;20-19(21,22)15-8-6-13(7-9-15)17(26)24-18(27)25-11-2-1-5-16(25)14-4-3-10-23-12-14;3*19-15-8-6-13(7-9-15)17(23)21-18(24)22-11-2-1-5-16(22)14-4-3-10-20-12-14/h3-4,8-12,14-15,19H,1-2,5-7,13H2,(H,23,25,26);3-4,6-10,12,16H,1-2,5,11H2,(H,24,26,27);3*3-4,6-10,12,16H,1-2,5,11H2,(H,21,23,24). The first-order chi connectivity index (χ1) is 60.5. The maximum Gasteiger partial charge on any atom is 0.416 e. The second kappa shape index (κ2) is 45.7. The number of nitrogens with one attached hydrogen (secondary N) is 5. The number of likely N-dealkylation sites (tertiary alicyclic amines) is 5. The van der Waals surface area contributed by atoms with Crippen molar-refractivity contribution in [3.8, 4) is 0 Å². The molecule has 5 atom stereocenters. The number of amides is 6. The fourth-order valence-corrected chi connectivity index (χ4v) is 17.2. The number of aromatic nitrogens is 5. The minimum Gasteiger partial charge on any atom is -0.342 e. The molecule has 5 aromatic heterocycles. The molecule has 125 heavy (non-hydrogen) atoms. The zero-order valence-electron chi connectivity index (χ0n) is 68.4. The maximum absolute atomic E-state index is 13.0. The predicted octanol–water partition coefficient (Wildman–Crippen LogP) is 19.3. The van der Waals surface area contributed by atoms with Crippen molar-refractivity contribution in [1.82, 2.24) is 76.0 Å². The lowest BCUT2D eigenvalue weighted by molar-refractivity contribution is -0.137. The summed E-state index contributed by atoms with van der Waals surface area (Å²) < 4.78 is 76.9. The number of carbonyl (C=O) groups is 5. The number of imide groups is 1. The summed E-state index contributed by atoms with van der Waals surface area (Å²) in [6.45, 7) is 3.83. The van der Waals surface area contributed by atoms with E-state index in [9.17, 15) is 50.3 Å². The summed E-state index contributed by atoms with van der Waals surface area (Å²) in [5.41, 5.74) is 8.09. The van der Waals surface area contributed by atoms with Gasteiger partial charge in [-0.3, -0.25) is 65.4 Å². The summed E-state index contributed by atoms with van der Waals surface area (Å²) in [6, 6.07) is 48.2. The number of carbonyl (C=O) groups excluding carboxylic acids is 5. The van der Waals surface area contributed by atoms with E-state index in [1.54, 1.807) is 60.4 Å². The van der Waals surface area contributed by atoms with Gasteiger partial charge in [0.1, 0.15) is 22.4 Å². The lowest BCUT2D eigenvalue weighted by Gasteiger charge is -2.37. The lowest BCUT2D eigenvalue weighted by Crippen LogP contribution is -2.46. The van der Waals surface area contributed by atoms with Crippen LogP contribution in [0.15, 0.2) is 244 Å². The maximum atomic E-state index is 13.0. The van der Waals surface area contributed by atoms with Crippen molar-refractivity contribution in [1.29, 1.82) is 0 Å². The number of halogens is 6. The van der Waals surface area contributed by atoms with E-state index in [-0.39, 0.29) is 69.9 Å². The van der Waals surface area contributed by atoms with E-state index in [1.165, 1.54) is 85.5 Å². The Labute approximate surface area is 749 Å². The average molecular weight is 1790 g/mol. The van der Waals surface area contributed by atoms with Gasteiger partial charge in [-0.1, -0.05) is 54.7 Å². The minimum absolute atomic E-state index is 0.0212. The van der Waals surface area contributed by atoms with Crippen molar-refractivity contribution in [2.75, 3.05) is 32.7 Å². The highest BCUT2D eigenvalue weighted by Gasteiger charge is 2.35. The fraction of sp³-hybridized carbons (Fsp3) is 0.309. The van der Waals surface area contributed by atoms with Gasteiger partial charge in [0.15, 0.2) is 20.4 Å². The molecule has 5 N–H and O–H groups in total. The highest BCUT2D eigenvalue weighted by Crippen LogP contribution is 2.41. The van der Waals surface area contributed by atoms with Gasteiger partial charge < -0.3 is 29.8 Å². The van der Waals surface area contributed by atoms with Gasteiger partial charge in [-0.25, -0.2) is 18.0 Å². The smallest absolute Gasteiger partial charge is 0.342 e. The summed E-state index contributed by atoms with van der Waals surface area (Å²) >= 11 is 27.4. The molecule has 31 heteroatoms. The van der Waals surface area contributed by atoms with Gasteiger partial charge >= 0.3 is 12.2 Å². The van der Waals surface area contributed by atoms with Crippen LogP contribution < -0.4 is 26.6 Å². The third kappa shape index (κ3) is 26.6. The summed E-state index contributed by atoms with van der Waals surface area (Å²) in [7, 11) is 0. The predicted molar refractivity (Wildman–Crippen MR) is 487 cm³/mol. The van der Waals surface area contributed by atoms with Gasteiger partial charge in [-0.15, -0.1) is 0 Å². The zero-order valence-corrected chi connectivity index (χ0v) is 72.5. The molecular weight excluding hydrogens is 1690 g/mol. The first kappa shape index (κ1) is 92.4. The van der Waals surface area contributed by atoms with Gasteiger partial charge in [0.05, 0.1) is 35.8 Å². The minimum atomic E-state index is -4.44. The van der Waals surface area contributed by atoms with Gasteiger partial charge in [0.25, 0.3) is 23.6 Å². The number of urea groups is 1. The van der Waals surface area contributed by atoms with Crippen LogP contribution in [0.1, 0.15) is 231 Å². The van der Waals surface area contributed by atoms with Crippen LogP contribution in [0.25, 0.3) is 0 Å². The summed E-state index contributed by atoms with van der Waals surface area (Å²) in [5.74, 6) is -1.89. The molecule has 5 aromatic carbocycles. The van der Waals surface area contributed by atoms with Crippen molar-refractivity contribution in [3.05, 3.63) is 328 Å². The van der Waals surface area contributed by atoms with Gasteiger partial charge in [-0.2, -0.15) is 13.2 Å². The number of hydrogen-bond donors (Lipinski definition) is 5. The monoisotopic (exact) mass is 1790 g/mol. The van der Waals surface area contributed by atoms with E-state index in [2.05, 4.69) is 85.6 Å². The Bertz CT molecular complexity index is 4980. The number of nitrogens with zero attached hydrogens (tertiary/aromatic N) is 10. The topological polar surface area (TPSA) is 226 Å². The highest BCUT2D eigenvalue weighted by molar-refractivity contribution is 7.82. The highest BCUT2D eigenvalue weighted by atomic mass is 32.1. The van der Waals surface area contributed by atoms with Crippen molar-refractivity contribution >= 4 is 116 Å². The van der Waals surface area contributed by atoms with Crippen molar-refractivity contribution < 1.29 is 50.3 Å².